The summed E-state index contributed by atoms with van der Waals surface area (Å²) in [6.07, 6.45) is 5.31. The highest BCUT2D eigenvalue weighted by Gasteiger charge is 2.15. The van der Waals surface area contributed by atoms with Gasteiger partial charge in [-0.3, -0.25) is 4.98 Å². The van der Waals surface area contributed by atoms with Gasteiger partial charge in [-0.1, -0.05) is 18.2 Å². The van der Waals surface area contributed by atoms with Crippen molar-refractivity contribution in [1.29, 1.82) is 0 Å². The summed E-state index contributed by atoms with van der Waals surface area (Å²) in [6.45, 7) is 0. The fourth-order valence-electron chi connectivity index (χ4n) is 3.54. The van der Waals surface area contributed by atoms with Crippen molar-refractivity contribution in [2.24, 2.45) is 0 Å². The van der Waals surface area contributed by atoms with E-state index >= 15 is 0 Å². The summed E-state index contributed by atoms with van der Waals surface area (Å²) in [4.78, 5) is 18.1. The van der Waals surface area contributed by atoms with Crippen molar-refractivity contribution in [2.45, 2.75) is 0 Å². The lowest BCUT2D eigenvalue weighted by Gasteiger charge is -2.14. The van der Waals surface area contributed by atoms with E-state index in [4.69, 9.17) is 14.7 Å². The molecule has 0 aliphatic rings. The van der Waals surface area contributed by atoms with Gasteiger partial charge in [0.25, 0.3) is 0 Å². The molecule has 2 aromatic carbocycles. The predicted octanol–water partition coefficient (Wildman–Crippen LogP) is 5.53. The van der Waals surface area contributed by atoms with Gasteiger partial charge in [-0.25, -0.2) is 15.0 Å². The summed E-state index contributed by atoms with van der Waals surface area (Å²) in [5.74, 6) is 2.03. The molecule has 0 aliphatic heterocycles. The number of benzene rings is 2. The van der Waals surface area contributed by atoms with Crippen molar-refractivity contribution in [3.05, 3.63) is 72.5 Å². The summed E-state index contributed by atoms with van der Waals surface area (Å²) in [5.41, 5.74) is 4.79. The van der Waals surface area contributed by atoms with Crippen molar-refractivity contribution in [3.8, 4) is 38.8 Å². The number of methoxy groups -OCH3 is 1. The molecule has 7 heteroatoms. The molecule has 0 fully saturated rings. The van der Waals surface area contributed by atoms with Crippen LogP contribution < -0.4 is 10.1 Å². The molecule has 0 unspecified atom stereocenters. The van der Waals surface area contributed by atoms with Crippen LogP contribution in [0, 0.1) is 0 Å². The van der Waals surface area contributed by atoms with Crippen molar-refractivity contribution in [3.63, 3.8) is 0 Å². The van der Waals surface area contributed by atoms with Crippen LogP contribution in [-0.2, 0) is 0 Å². The summed E-state index contributed by atoms with van der Waals surface area (Å²) < 4.78 is 5.74. The van der Waals surface area contributed by atoms with E-state index in [1.165, 1.54) is 0 Å². The highest BCUT2D eigenvalue weighted by atomic mass is 32.1. The van der Waals surface area contributed by atoms with E-state index < -0.39 is 0 Å². The van der Waals surface area contributed by atoms with E-state index in [0.717, 1.165) is 44.0 Å². The van der Waals surface area contributed by atoms with Gasteiger partial charge in [0.1, 0.15) is 22.1 Å². The summed E-state index contributed by atoms with van der Waals surface area (Å²) in [6, 6.07) is 16.3. The molecule has 0 saturated carbocycles. The zero-order valence-electron chi connectivity index (χ0n) is 17.0. The van der Waals surface area contributed by atoms with E-state index in [1.54, 1.807) is 30.8 Å². The van der Waals surface area contributed by atoms with Crippen LogP contribution in [0.1, 0.15) is 0 Å². The Bertz CT molecular complexity index is 1350. The Balaban J connectivity index is 1.69. The molecule has 5 aromatic rings. The lowest BCUT2D eigenvalue weighted by molar-refractivity contribution is 0.419. The van der Waals surface area contributed by atoms with E-state index in [1.807, 2.05) is 42.9 Å². The van der Waals surface area contributed by atoms with Crippen LogP contribution in [0.15, 0.2) is 72.5 Å². The van der Waals surface area contributed by atoms with Gasteiger partial charge < -0.3 is 10.1 Å². The van der Waals surface area contributed by atoms with Crippen LogP contribution in [0.2, 0.25) is 0 Å². The Hall–Kier alpha value is -3.84. The average Bonchev–Trinajstić information content (AvgIpc) is 3.38. The predicted molar refractivity (Wildman–Crippen MR) is 125 cm³/mol. The number of fused-ring (bicyclic) bond motifs is 1. The van der Waals surface area contributed by atoms with Gasteiger partial charge in [0.05, 0.1) is 7.11 Å². The molecule has 0 atom stereocenters. The summed E-state index contributed by atoms with van der Waals surface area (Å²) >= 11 is 1.62. The van der Waals surface area contributed by atoms with E-state index in [0.29, 0.717) is 11.6 Å². The number of hydrogen-bond acceptors (Lipinski definition) is 7. The zero-order valence-corrected chi connectivity index (χ0v) is 17.9. The first-order valence-corrected chi connectivity index (χ1v) is 10.6. The monoisotopic (exact) mass is 425 g/mol. The molecule has 5 rings (SSSR count). The highest BCUT2D eigenvalue weighted by molar-refractivity contribution is 7.13. The molecule has 0 aliphatic carbocycles. The first kappa shape index (κ1) is 19.1. The van der Waals surface area contributed by atoms with Crippen molar-refractivity contribution in [1.82, 2.24) is 19.9 Å². The quantitative estimate of drug-likeness (QED) is 0.399. The minimum atomic E-state index is 0.599. The Labute approximate surface area is 183 Å². The molecule has 152 valence electrons. The molecule has 0 amide bonds. The largest absolute Gasteiger partial charge is 0.494 e. The number of nitrogens with zero attached hydrogens (tertiary/aromatic N) is 4. The molecule has 3 heterocycles. The number of ether oxygens (including phenoxy) is 1. The SMILES string of the molecule is CNc1nc(-c2cccnc2)nc2c(OC)cc(-c3cccc(-c4nccs4)c3)cc12. The Morgan fingerprint density at radius 2 is 1.77 bits per heavy atom. The Kier molecular flexibility index (Phi) is 5.01. The van der Waals surface area contributed by atoms with Gasteiger partial charge >= 0.3 is 0 Å². The van der Waals surface area contributed by atoms with Gasteiger partial charge in [0, 0.05) is 47.5 Å². The minimum Gasteiger partial charge on any atom is -0.494 e. The van der Waals surface area contributed by atoms with Crippen LogP contribution in [0.5, 0.6) is 5.75 Å². The normalized spacial score (nSPS) is 10.9. The van der Waals surface area contributed by atoms with Crippen LogP contribution in [0.3, 0.4) is 0 Å². The summed E-state index contributed by atoms with van der Waals surface area (Å²) in [5, 5.41) is 7.08. The first-order valence-electron chi connectivity index (χ1n) is 9.75. The molecule has 31 heavy (non-hydrogen) atoms. The molecule has 1 N–H and O–H groups in total. The third kappa shape index (κ3) is 3.60. The smallest absolute Gasteiger partial charge is 0.163 e. The molecule has 0 radical (unpaired) electrons. The second kappa shape index (κ2) is 8.12. The number of hydrogen-bond donors (Lipinski definition) is 1. The lowest BCUT2D eigenvalue weighted by atomic mass is 10.0. The van der Waals surface area contributed by atoms with E-state index in [-0.39, 0.29) is 0 Å². The second-order valence-electron chi connectivity index (χ2n) is 6.88. The van der Waals surface area contributed by atoms with Gasteiger partial charge in [-0.2, -0.15) is 0 Å². The third-order valence-corrected chi connectivity index (χ3v) is 5.84. The third-order valence-electron chi connectivity index (χ3n) is 5.02. The maximum atomic E-state index is 5.74. The molecule has 0 saturated heterocycles. The van der Waals surface area contributed by atoms with E-state index in [9.17, 15) is 0 Å². The molecular formula is C24H19N5OS. The maximum absolute atomic E-state index is 5.74. The van der Waals surface area contributed by atoms with Gasteiger partial charge in [0.15, 0.2) is 5.82 Å². The van der Waals surface area contributed by atoms with Crippen LogP contribution >= 0.6 is 11.3 Å². The minimum absolute atomic E-state index is 0.599. The van der Waals surface area contributed by atoms with Crippen molar-refractivity contribution >= 4 is 28.1 Å². The van der Waals surface area contributed by atoms with Crippen LogP contribution in [0.25, 0.3) is 44.0 Å². The molecule has 0 spiro atoms. The number of thiazole rings is 1. The Morgan fingerprint density at radius 1 is 0.903 bits per heavy atom. The van der Waals surface area contributed by atoms with Gasteiger partial charge in [-0.15, -0.1) is 11.3 Å². The van der Waals surface area contributed by atoms with Crippen molar-refractivity contribution < 1.29 is 4.74 Å². The Morgan fingerprint density at radius 3 is 2.52 bits per heavy atom. The maximum Gasteiger partial charge on any atom is 0.163 e. The van der Waals surface area contributed by atoms with Crippen molar-refractivity contribution in [2.75, 3.05) is 19.5 Å². The number of anilines is 1. The molecule has 3 aromatic heterocycles. The van der Waals surface area contributed by atoms with Crippen LogP contribution in [0.4, 0.5) is 5.82 Å². The fourth-order valence-corrected chi connectivity index (χ4v) is 4.17. The standard InChI is InChI=1S/C24H19N5OS/c1-25-23-19-12-18(15-5-3-6-16(11-15)24-27-9-10-31-24)13-20(30-2)21(19)28-22(29-23)17-7-4-8-26-14-17/h3-14H,1-2H3,(H,25,28,29). The number of nitrogens with one attached hydrogen (secondary N) is 1. The fraction of sp³-hybridized carbons (Fsp3) is 0.0833. The molecule has 0 bridgehead atoms. The number of rotatable bonds is 5. The molecule has 6 nitrogen and oxygen atoms in total. The first-order chi connectivity index (χ1) is 15.3. The van der Waals surface area contributed by atoms with Gasteiger partial charge in [-0.05, 0) is 41.5 Å². The summed E-state index contributed by atoms with van der Waals surface area (Å²) in [7, 11) is 3.52. The van der Waals surface area contributed by atoms with Gasteiger partial charge in [0.2, 0.25) is 0 Å². The number of aromatic nitrogens is 4. The van der Waals surface area contributed by atoms with Crippen LogP contribution in [-0.4, -0.2) is 34.1 Å². The lowest BCUT2D eigenvalue weighted by Crippen LogP contribution is -2.01. The van der Waals surface area contributed by atoms with E-state index in [2.05, 4.69) is 39.6 Å². The average molecular weight is 426 g/mol. The second-order valence-corrected chi connectivity index (χ2v) is 7.77. The molecular weight excluding hydrogens is 406 g/mol. The topological polar surface area (TPSA) is 72.8 Å². The number of pyridine rings is 1. The zero-order chi connectivity index (χ0) is 21.2. The highest BCUT2D eigenvalue weighted by Crippen LogP contribution is 2.36.